The minimum atomic E-state index is -0.764. The van der Waals surface area contributed by atoms with Crippen LogP contribution in [-0.4, -0.2) is 5.97 Å². The molecule has 0 amide bonds. The van der Waals surface area contributed by atoms with E-state index in [0.717, 1.165) is 11.1 Å². The second-order valence-electron chi connectivity index (χ2n) is 4.13. The fraction of sp³-hybridized carbons (Fsp3) is 0.133. The number of hydrogen-bond donors (Lipinski definition) is 1. The molecule has 0 aliphatic rings. The third-order valence-electron chi connectivity index (χ3n) is 2.68. The van der Waals surface area contributed by atoms with Gasteiger partial charge in [0, 0.05) is 5.02 Å². The van der Waals surface area contributed by atoms with Crippen molar-refractivity contribution in [3.63, 3.8) is 0 Å². The molecule has 0 spiro atoms. The zero-order valence-electron chi connectivity index (χ0n) is 10.3. The summed E-state index contributed by atoms with van der Waals surface area (Å²) < 4.78 is 5.18. The van der Waals surface area contributed by atoms with Gasteiger partial charge in [-0.25, -0.2) is 4.79 Å². The van der Waals surface area contributed by atoms with Crippen LogP contribution in [0.15, 0.2) is 54.6 Å². The number of carbonyl (C=O) groups excluding carboxylic acids is 1. The van der Waals surface area contributed by atoms with E-state index in [0.29, 0.717) is 5.02 Å². The van der Waals surface area contributed by atoms with Crippen LogP contribution in [0.25, 0.3) is 0 Å². The number of esters is 1. The molecule has 19 heavy (non-hydrogen) atoms. The van der Waals surface area contributed by atoms with Crippen molar-refractivity contribution in [2.24, 2.45) is 5.73 Å². The maximum Gasteiger partial charge on any atom is 0.327 e. The lowest BCUT2D eigenvalue weighted by molar-refractivity contribution is -0.146. The molecule has 2 N–H and O–H groups in total. The number of rotatable bonds is 4. The van der Waals surface area contributed by atoms with Crippen molar-refractivity contribution in [1.82, 2.24) is 0 Å². The third-order valence-corrected chi connectivity index (χ3v) is 2.92. The maximum atomic E-state index is 11.8. The highest BCUT2D eigenvalue weighted by Crippen LogP contribution is 2.14. The monoisotopic (exact) mass is 275 g/mol. The molecule has 3 nitrogen and oxygen atoms in total. The van der Waals surface area contributed by atoms with E-state index in [2.05, 4.69) is 0 Å². The lowest BCUT2D eigenvalue weighted by atomic mass is 10.1. The Labute approximate surface area is 117 Å². The van der Waals surface area contributed by atoms with Gasteiger partial charge >= 0.3 is 5.97 Å². The highest BCUT2D eigenvalue weighted by Gasteiger charge is 2.16. The molecule has 0 aliphatic heterocycles. The summed E-state index contributed by atoms with van der Waals surface area (Å²) >= 11 is 5.85. The van der Waals surface area contributed by atoms with Gasteiger partial charge in [0.15, 0.2) is 0 Å². The van der Waals surface area contributed by atoms with Crippen LogP contribution < -0.4 is 5.73 Å². The molecule has 0 saturated heterocycles. The van der Waals surface area contributed by atoms with Crippen molar-refractivity contribution >= 4 is 17.6 Å². The van der Waals surface area contributed by atoms with Crippen LogP contribution in [0.1, 0.15) is 17.2 Å². The largest absolute Gasteiger partial charge is 0.459 e. The van der Waals surface area contributed by atoms with Crippen molar-refractivity contribution < 1.29 is 9.53 Å². The average molecular weight is 276 g/mol. The maximum absolute atomic E-state index is 11.8. The van der Waals surface area contributed by atoms with E-state index in [-0.39, 0.29) is 6.61 Å². The topological polar surface area (TPSA) is 52.3 Å². The molecule has 0 aliphatic carbocycles. The predicted octanol–water partition coefficient (Wildman–Crippen LogP) is 3.08. The summed E-state index contributed by atoms with van der Waals surface area (Å²) in [5.74, 6) is -0.453. The second kappa shape index (κ2) is 6.36. The highest BCUT2D eigenvalue weighted by atomic mass is 35.5. The van der Waals surface area contributed by atoms with Crippen LogP contribution in [0, 0.1) is 0 Å². The number of benzene rings is 2. The van der Waals surface area contributed by atoms with Gasteiger partial charge in [0.2, 0.25) is 0 Å². The van der Waals surface area contributed by atoms with Crippen molar-refractivity contribution in [3.8, 4) is 0 Å². The first-order chi connectivity index (χ1) is 9.16. The summed E-state index contributed by atoms with van der Waals surface area (Å²) in [5, 5.41) is 0.612. The number of nitrogens with two attached hydrogens (primary N) is 1. The van der Waals surface area contributed by atoms with Gasteiger partial charge in [-0.1, -0.05) is 54.1 Å². The van der Waals surface area contributed by atoms with Crippen LogP contribution in [-0.2, 0) is 16.1 Å². The Morgan fingerprint density at radius 3 is 2.58 bits per heavy atom. The normalized spacial score (nSPS) is 11.9. The summed E-state index contributed by atoms with van der Waals surface area (Å²) in [7, 11) is 0. The standard InChI is InChI=1S/C15H14ClNO2/c16-13-8-4-5-11(9-13)10-19-15(18)14(17)12-6-2-1-3-7-12/h1-9,14H,10,17H2. The fourth-order valence-corrected chi connectivity index (χ4v) is 1.88. The summed E-state index contributed by atoms with van der Waals surface area (Å²) in [5.41, 5.74) is 7.40. The minimum Gasteiger partial charge on any atom is -0.459 e. The fourth-order valence-electron chi connectivity index (χ4n) is 1.67. The zero-order valence-corrected chi connectivity index (χ0v) is 11.0. The summed E-state index contributed by atoms with van der Waals surface area (Å²) in [4.78, 5) is 11.8. The molecule has 0 radical (unpaired) electrons. The molecule has 0 saturated carbocycles. The summed E-state index contributed by atoms with van der Waals surface area (Å²) in [6, 6.07) is 15.5. The predicted molar refractivity (Wildman–Crippen MR) is 74.6 cm³/mol. The van der Waals surface area contributed by atoms with Crippen LogP contribution in [0.4, 0.5) is 0 Å². The Morgan fingerprint density at radius 2 is 1.89 bits per heavy atom. The van der Waals surface area contributed by atoms with Gasteiger partial charge in [0.25, 0.3) is 0 Å². The van der Waals surface area contributed by atoms with E-state index in [9.17, 15) is 4.79 Å². The molecule has 4 heteroatoms. The van der Waals surface area contributed by atoms with Gasteiger partial charge in [-0.15, -0.1) is 0 Å². The first-order valence-corrected chi connectivity index (χ1v) is 6.26. The van der Waals surface area contributed by atoms with E-state index in [1.807, 2.05) is 30.3 Å². The quantitative estimate of drug-likeness (QED) is 0.873. The van der Waals surface area contributed by atoms with Gasteiger partial charge in [0.1, 0.15) is 12.6 Å². The SMILES string of the molecule is NC(C(=O)OCc1cccc(Cl)c1)c1ccccc1. The molecule has 0 bridgehead atoms. The van der Waals surface area contributed by atoms with Crippen LogP contribution in [0.3, 0.4) is 0 Å². The number of ether oxygens (including phenoxy) is 1. The molecule has 1 unspecified atom stereocenters. The van der Waals surface area contributed by atoms with Crippen LogP contribution >= 0.6 is 11.6 Å². The number of carbonyl (C=O) groups is 1. The lowest BCUT2D eigenvalue weighted by Gasteiger charge is -2.11. The van der Waals surface area contributed by atoms with Crippen LogP contribution in [0.2, 0.25) is 5.02 Å². The number of hydrogen-bond acceptors (Lipinski definition) is 3. The van der Waals surface area contributed by atoms with Gasteiger partial charge < -0.3 is 10.5 Å². The average Bonchev–Trinajstić information content (AvgIpc) is 2.45. The van der Waals surface area contributed by atoms with Crippen molar-refractivity contribution in [2.45, 2.75) is 12.6 Å². The van der Waals surface area contributed by atoms with Gasteiger partial charge in [-0.2, -0.15) is 0 Å². The molecule has 0 heterocycles. The Kier molecular flexibility index (Phi) is 4.55. The molecule has 0 aromatic heterocycles. The first-order valence-electron chi connectivity index (χ1n) is 5.88. The lowest BCUT2D eigenvalue weighted by Crippen LogP contribution is -2.23. The first kappa shape index (κ1) is 13.6. The molecular weight excluding hydrogens is 262 g/mol. The minimum absolute atomic E-state index is 0.167. The van der Waals surface area contributed by atoms with E-state index >= 15 is 0 Å². The van der Waals surface area contributed by atoms with Gasteiger partial charge in [0.05, 0.1) is 0 Å². The molecule has 2 rings (SSSR count). The van der Waals surface area contributed by atoms with Crippen molar-refractivity contribution in [2.75, 3.05) is 0 Å². The third kappa shape index (κ3) is 3.81. The second-order valence-corrected chi connectivity index (χ2v) is 4.56. The van der Waals surface area contributed by atoms with Gasteiger partial charge in [-0.3, -0.25) is 0 Å². The molecule has 2 aromatic carbocycles. The Morgan fingerprint density at radius 1 is 1.16 bits per heavy atom. The molecule has 1 atom stereocenters. The van der Waals surface area contributed by atoms with Crippen molar-refractivity contribution in [1.29, 1.82) is 0 Å². The highest BCUT2D eigenvalue weighted by molar-refractivity contribution is 6.30. The van der Waals surface area contributed by atoms with Crippen LogP contribution in [0.5, 0.6) is 0 Å². The molecule has 2 aromatic rings. The summed E-state index contributed by atoms with van der Waals surface area (Å²) in [6.07, 6.45) is 0. The van der Waals surface area contributed by atoms with Gasteiger partial charge in [-0.05, 0) is 23.3 Å². The summed E-state index contributed by atoms with van der Waals surface area (Å²) in [6.45, 7) is 0.167. The number of halogens is 1. The Balaban J connectivity index is 1.95. The smallest absolute Gasteiger partial charge is 0.327 e. The zero-order chi connectivity index (χ0) is 13.7. The molecule has 98 valence electrons. The Bertz CT molecular complexity index is 557. The van der Waals surface area contributed by atoms with E-state index in [1.165, 1.54) is 0 Å². The Hall–Kier alpha value is -1.84. The van der Waals surface area contributed by atoms with E-state index in [4.69, 9.17) is 22.1 Å². The van der Waals surface area contributed by atoms with E-state index in [1.54, 1.807) is 24.3 Å². The van der Waals surface area contributed by atoms with Crippen molar-refractivity contribution in [3.05, 3.63) is 70.7 Å². The van der Waals surface area contributed by atoms with E-state index < -0.39 is 12.0 Å². The molecular formula is C15H14ClNO2. The molecule has 0 fully saturated rings.